The Morgan fingerprint density at radius 1 is 1.29 bits per heavy atom. The van der Waals surface area contributed by atoms with Crippen molar-refractivity contribution in [1.82, 2.24) is 5.32 Å². The van der Waals surface area contributed by atoms with Gasteiger partial charge in [0.15, 0.2) is 0 Å². The van der Waals surface area contributed by atoms with Crippen molar-refractivity contribution in [2.24, 2.45) is 5.92 Å². The standard InChI is InChI=1S/C12H27NS/c1-6-14-9-7-8-11(2)10-13-12(3,4)5/h11,13H,6-10H2,1-5H3. The first-order chi connectivity index (χ1) is 6.45. The summed E-state index contributed by atoms with van der Waals surface area (Å²) in [6.45, 7) is 12.4. The van der Waals surface area contributed by atoms with Crippen LogP contribution in [0.2, 0.25) is 0 Å². The summed E-state index contributed by atoms with van der Waals surface area (Å²) in [4.78, 5) is 0. The van der Waals surface area contributed by atoms with Gasteiger partial charge in [0, 0.05) is 5.54 Å². The third-order valence-corrected chi connectivity index (χ3v) is 3.16. The highest BCUT2D eigenvalue weighted by atomic mass is 32.2. The lowest BCUT2D eigenvalue weighted by Gasteiger charge is -2.23. The Morgan fingerprint density at radius 3 is 2.43 bits per heavy atom. The largest absolute Gasteiger partial charge is 0.312 e. The number of hydrogen-bond donors (Lipinski definition) is 1. The molecule has 0 aliphatic heterocycles. The van der Waals surface area contributed by atoms with Gasteiger partial charge in [-0.2, -0.15) is 11.8 Å². The maximum atomic E-state index is 3.56. The van der Waals surface area contributed by atoms with Crippen LogP contribution in [0.15, 0.2) is 0 Å². The first-order valence-electron chi connectivity index (χ1n) is 5.78. The third-order valence-electron chi connectivity index (χ3n) is 2.17. The van der Waals surface area contributed by atoms with E-state index >= 15 is 0 Å². The number of nitrogens with one attached hydrogen (secondary N) is 1. The Labute approximate surface area is 94.4 Å². The lowest BCUT2D eigenvalue weighted by atomic mass is 10.0. The summed E-state index contributed by atoms with van der Waals surface area (Å²) in [7, 11) is 0. The van der Waals surface area contributed by atoms with Crippen LogP contribution in [-0.2, 0) is 0 Å². The van der Waals surface area contributed by atoms with Gasteiger partial charge >= 0.3 is 0 Å². The van der Waals surface area contributed by atoms with Crippen LogP contribution in [0.25, 0.3) is 0 Å². The van der Waals surface area contributed by atoms with Gasteiger partial charge in [-0.1, -0.05) is 13.8 Å². The van der Waals surface area contributed by atoms with Crippen molar-refractivity contribution in [2.75, 3.05) is 18.1 Å². The van der Waals surface area contributed by atoms with Gasteiger partial charge in [-0.25, -0.2) is 0 Å². The van der Waals surface area contributed by atoms with Crippen molar-refractivity contribution in [3.63, 3.8) is 0 Å². The Balaban J connectivity index is 3.32. The number of rotatable bonds is 7. The molecule has 0 amide bonds. The van der Waals surface area contributed by atoms with Crippen LogP contribution in [0.5, 0.6) is 0 Å². The van der Waals surface area contributed by atoms with E-state index in [0.717, 1.165) is 12.5 Å². The summed E-state index contributed by atoms with van der Waals surface area (Å²) in [5.41, 5.74) is 0.270. The zero-order valence-corrected chi connectivity index (χ0v) is 11.3. The van der Waals surface area contributed by atoms with Gasteiger partial charge in [0.25, 0.3) is 0 Å². The molecule has 14 heavy (non-hydrogen) atoms. The van der Waals surface area contributed by atoms with E-state index in [1.807, 2.05) is 0 Å². The van der Waals surface area contributed by atoms with Crippen LogP contribution in [-0.4, -0.2) is 23.6 Å². The third kappa shape index (κ3) is 10.4. The van der Waals surface area contributed by atoms with E-state index in [2.05, 4.69) is 51.7 Å². The van der Waals surface area contributed by atoms with Crippen molar-refractivity contribution >= 4 is 11.8 Å². The van der Waals surface area contributed by atoms with Crippen LogP contribution in [0.1, 0.15) is 47.5 Å². The van der Waals surface area contributed by atoms with Crippen LogP contribution in [0, 0.1) is 5.92 Å². The molecule has 1 N–H and O–H groups in total. The Hall–Kier alpha value is 0.310. The van der Waals surface area contributed by atoms with Crippen molar-refractivity contribution in [2.45, 2.75) is 53.0 Å². The minimum atomic E-state index is 0.270. The van der Waals surface area contributed by atoms with Crippen LogP contribution in [0.3, 0.4) is 0 Å². The molecule has 0 saturated carbocycles. The van der Waals surface area contributed by atoms with Gasteiger partial charge in [-0.15, -0.1) is 0 Å². The summed E-state index contributed by atoms with van der Waals surface area (Å²) in [5, 5.41) is 3.56. The van der Waals surface area contributed by atoms with Gasteiger partial charge < -0.3 is 5.32 Å². The average Bonchev–Trinajstić information content (AvgIpc) is 2.08. The highest BCUT2D eigenvalue weighted by molar-refractivity contribution is 7.99. The van der Waals surface area contributed by atoms with E-state index in [1.165, 1.54) is 24.3 Å². The van der Waals surface area contributed by atoms with Crippen molar-refractivity contribution < 1.29 is 0 Å². The maximum Gasteiger partial charge on any atom is 0.00966 e. The zero-order chi connectivity index (χ0) is 11.0. The summed E-state index contributed by atoms with van der Waals surface area (Å²) in [6, 6.07) is 0. The Bertz CT molecular complexity index is 129. The number of hydrogen-bond acceptors (Lipinski definition) is 2. The molecule has 1 unspecified atom stereocenters. The lowest BCUT2D eigenvalue weighted by molar-refractivity contribution is 0.371. The minimum absolute atomic E-state index is 0.270. The van der Waals surface area contributed by atoms with E-state index in [0.29, 0.717) is 0 Å². The molecular weight excluding hydrogens is 190 g/mol. The second kappa shape index (κ2) is 7.58. The zero-order valence-electron chi connectivity index (χ0n) is 10.5. The van der Waals surface area contributed by atoms with Gasteiger partial charge in [0.2, 0.25) is 0 Å². The van der Waals surface area contributed by atoms with Crippen LogP contribution < -0.4 is 5.32 Å². The van der Waals surface area contributed by atoms with Gasteiger partial charge in [0.1, 0.15) is 0 Å². The molecule has 0 bridgehead atoms. The molecule has 86 valence electrons. The highest BCUT2D eigenvalue weighted by Crippen LogP contribution is 2.10. The van der Waals surface area contributed by atoms with Crippen LogP contribution in [0.4, 0.5) is 0 Å². The smallest absolute Gasteiger partial charge is 0.00966 e. The fraction of sp³-hybridized carbons (Fsp3) is 1.00. The molecule has 0 aromatic rings. The molecule has 0 radical (unpaired) electrons. The number of thioether (sulfide) groups is 1. The molecule has 0 rings (SSSR count). The van der Waals surface area contributed by atoms with E-state index < -0.39 is 0 Å². The van der Waals surface area contributed by atoms with E-state index in [-0.39, 0.29) is 5.54 Å². The first-order valence-corrected chi connectivity index (χ1v) is 6.94. The Kier molecular flexibility index (Phi) is 7.75. The molecule has 0 aliphatic carbocycles. The molecule has 2 heteroatoms. The fourth-order valence-corrected chi connectivity index (χ4v) is 1.92. The summed E-state index contributed by atoms with van der Waals surface area (Å²) < 4.78 is 0. The summed E-state index contributed by atoms with van der Waals surface area (Å²) >= 11 is 2.05. The van der Waals surface area contributed by atoms with Crippen molar-refractivity contribution in [3.8, 4) is 0 Å². The Morgan fingerprint density at radius 2 is 1.93 bits per heavy atom. The first kappa shape index (κ1) is 14.3. The molecule has 0 heterocycles. The molecule has 0 saturated heterocycles. The van der Waals surface area contributed by atoms with Crippen molar-refractivity contribution in [3.05, 3.63) is 0 Å². The van der Waals surface area contributed by atoms with E-state index in [1.54, 1.807) is 0 Å². The molecule has 1 atom stereocenters. The van der Waals surface area contributed by atoms with Crippen LogP contribution >= 0.6 is 11.8 Å². The summed E-state index contributed by atoms with van der Waals surface area (Å²) in [6.07, 6.45) is 2.72. The summed E-state index contributed by atoms with van der Waals surface area (Å²) in [5.74, 6) is 3.40. The second-order valence-corrected chi connectivity index (χ2v) is 6.47. The quantitative estimate of drug-likeness (QED) is 0.655. The molecule has 0 aromatic heterocycles. The molecule has 0 aliphatic rings. The maximum absolute atomic E-state index is 3.56. The normalized spacial score (nSPS) is 14.4. The topological polar surface area (TPSA) is 12.0 Å². The van der Waals surface area contributed by atoms with Gasteiger partial charge in [-0.05, 0) is 57.6 Å². The molecular formula is C12H27NS. The van der Waals surface area contributed by atoms with Crippen molar-refractivity contribution in [1.29, 1.82) is 0 Å². The molecule has 0 fully saturated rings. The minimum Gasteiger partial charge on any atom is -0.312 e. The molecule has 1 nitrogen and oxygen atoms in total. The monoisotopic (exact) mass is 217 g/mol. The van der Waals surface area contributed by atoms with Gasteiger partial charge in [-0.3, -0.25) is 0 Å². The predicted octanol–water partition coefficient (Wildman–Crippen LogP) is 3.54. The SMILES string of the molecule is CCSCCCC(C)CNC(C)(C)C. The predicted molar refractivity (Wildman–Crippen MR) is 69.2 cm³/mol. The molecule has 0 spiro atoms. The second-order valence-electron chi connectivity index (χ2n) is 5.08. The highest BCUT2D eigenvalue weighted by Gasteiger charge is 2.10. The average molecular weight is 217 g/mol. The van der Waals surface area contributed by atoms with E-state index in [4.69, 9.17) is 0 Å². The molecule has 0 aromatic carbocycles. The lowest BCUT2D eigenvalue weighted by Crippen LogP contribution is -2.38. The van der Waals surface area contributed by atoms with E-state index in [9.17, 15) is 0 Å². The fourth-order valence-electron chi connectivity index (χ4n) is 1.26. The van der Waals surface area contributed by atoms with Gasteiger partial charge in [0.05, 0.1) is 0 Å².